The van der Waals surface area contributed by atoms with Gasteiger partial charge in [-0.05, 0) is 48.4 Å². The van der Waals surface area contributed by atoms with Crippen molar-refractivity contribution in [3.63, 3.8) is 0 Å². The number of esters is 1. The molecule has 0 bridgehead atoms. The molecule has 0 aromatic carbocycles. The minimum absolute atomic E-state index is 0.183. The molecule has 0 aliphatic heterocycles. The van der Waals surface area contributed by atoms with Crippen molar-refractivity contribution in [3.05, 3.63) is 0 Å². The molecule has 2 aliphatic rings. The SMILES string of the molecule is COC(=O)C1(N)CCCC1CCSc1nnnn1C1CC1. The highest BCUT2D eigenvalue weighted by Gasteiger charge is 2.46. The number of hydrogen-bond acceptors (Lipinski definition) is 7. The highest BCUT2D eigenvalue weighted by Crippen LogP contribution is 2.39. The highest BCUT2D eigenvalue weighted by atomic mass is 32.2. The summed E-state index contributed by atoms with van der Waals surface area (Å²) < 4.78 is 6.78. The van der Waals surface area contributed by atoms with E-state index < -0.39 is 5.54 Å². The number of tetrazole rings is 1. The molecule has 2 N–H and O–H groups in total. The maximum absolute atomic E-state index is 11.9. The average Bonchev–Trinajstić information content (AvgIpc) is 3.11. The average molecular weight is 311 g/mol. The Labute approximate surface area is 128 Å². The van der Waals surface area contributed by atoms with Crippen molar-refractivity contribution >= 4 is 17.7 Å². The van der Waals surface area contributed by atoms with Crippen LogP contribution in [0.5, 0.6) is 0 Å². The van der Waals surface area contributed by atoms with Crippen molar-refractivity contribution in [2.75, 3.05) is 12.9 Å². The molecule has 0 saturated heterocycles. The van der Waals surface area contributed by atoms with E-state index in [4.69, 9.17) is 10.5 Å². The second-order valence-corrected chi connectivity index (χ2v) is 6.96. The van der Waals surface area contributed by atoms with Gasteiger partial charge in [-0.3, -0.25) is 4.79 Å². The molecule has 3 rings (SSSR count). The fraction of sp³-hybridized carbons (Fsp3) is 0.846. The topological polar surface area (TPSA) is 95.9 Å². The van der Waals surface area contributed by atoms with Gasteiger partial charge < -0.3 is 10.5 Å². The van der Waals surface area contributed by atoms with Crippen molar-refractivity contribution in [1.82, 2.24) is 20.2 Å². The van der Waals surface area contributed by atoms with Crippen LogP contribution >= 0.6 is 11.8 Å². The van der Waals surface area contributed by atoms with Gasteiger partial charge >= 0.3 is 5.97 Å². The number of aromatic nitrogens is 4. The van der Waals surface area contributed by atoms with Gasteiger partial charge in [0.1, 0.15) is 5.54 Å². The van der Waals surface area contributed by atoms with Crippen LogP contribution in [-0.4, -0.2) is 44.6 Å². The van der Waals surface area contributed by atoms with E-state index in [1.165, 1.54) is 7.11 Å². The number of thioether (sulfide) groups is 1. The van der Waals surface area contributed by atoms with Gasteiger partial charge in [0.05, 0.1) is 13.2 Å². The van der Waals surface area contributed by atoms with E-state index in [2.05, 4.69) is 15.5 Å². The third-order valence-corrected chi connectivity index (χ3v) is 5.46. The third kappa shape index (κ3) is 2.91. The number of rotatable bonds is 6. The number of ether oxygens (including phenoxy) is 1. The lowest BCUT2D eigenvalue weighted by Crippen LogP contribution is -2.51. The summed E-state index contributed by atoms with van der Waals surface area (Å²) in [6.07, 6.45) is 5.90. The minimum Gasteiger partial charge on any atom is -0.468 e. The first-order valence-electron chi connectivity index (χ1n) is 7.43. The number of methoxy groups -OCH3 is 1. The van der Waals surface area contributed by atoms with Crippen LogP contribution in [-0.2, 0) is 9.53 Å². The maximum atomic E-state index is 11.9. The lowest BCUT2D eigenvalue weighted by Gasteiger charge is -2.28. The van der Waals surface area contributed by atoms with Crippen molar-refractivity contribution in [3.8, 4) is 0 Å². The molecule has 21 heavy (non-hydrogen) atoms. The highest BCUT2D eigenvalue weighted by molar-refractivity contribution is 7.99. The first-order valence-corrected chi connectivity index (χ1v) is 8.41. The van der Waals surface area contributed by atoms with E-state index in [0.717, 1.165) is 49.4 Å². The lowest BCUT2D eigenvalue weighted by atomic mass is 9.86. The Balaban J connectivity index is 1.55. The second kappa shape index (κ2) is 5.92. The van der Waals surface area contributed by atoms with E-state index in [1.807, 2.05) is 4.68 Å². The second-order valence-electron chi connectivity index (χ2n) is 5.90. The van der Waals surface area contributed by atoms with E-state index >= 15 is 0 Å². The van der Waals surface area contributed by atoms with Gasteiger partial charge in [0.15, 0.2) is 0 Å². The number of carbonyl (C=O) groups is 1. The van der Waals surface area contributed by atoms with Gasteiger partial charge in [0.2, 0.25) is 5.16 Å². The molecule has 2 unspecified atom stereocenters. The van der Waals surface area contributed by atoms with Gasteiger partial charge in [0.25, 0.3) is 0 Å². The fourth-order valence-corrected chi connectivity index (χ4v) is 4.08. The standard InChI is InChI=1S/C13H21N5O2S/c1-20-11(19)13(14)7-2-3-9(13)6-8-21-12-15-16-17-18(12)10-4-5-10/h9-10H,2-8,14H2,1H3. The molecule has 1 aromatic rings. The van der Waals surface area contributed by atoms with Crippen LogP contribution in [0, 0.1) is 5.92 Å². The molecule has 1 heterocycles. The predicted molar refractivity (Wildman–Crippen MR) is 77.7 cm³/mol. The van der Waals surface area contributed by atoms with Gasteiger partial charge in [0, 0.05) is 5.75 Å². The molecule has 0 spiro atoms. The van der Waals surface area contributed by atoms with E-state index in [-0.39, 0.29) is 11.9 Å². The third-order valence-electron chi connectivity index (χ3n) is 4.49. The fourth-order valence-electron chi connectivity index (χ4n) is 3.08. The maximum Gasteiger partial charge on any atom is 0.326 e. The Morgan fingerprint density at radius 2 is 2.33 bits per heavy atom. The number of nitrogens with zero attached hydrogens (tertiary/aromatic N) is 4. The van der Waals surface area contributed by atoms with Gasteiger partial charge in [-0.1, -0.05) is 18.2 Å². The quantitative estimate of drug-likeness (QED) is 0.622. The van der Waals surface area contributed by atoms with Crippen molar-refractivity contribution in [2.45, 2.75) is 55.3 Å². The van der Waals surface area contributed by atoms with E-state index in [1.54, 1.807) is 11.8 Å². The Hall–Kier alpha value is -1.15. The first-order chi connectivity index (χ1) is 10.1. The normalized spacial score (nSPS) is 28.8. The Kier molecular flexibility index (Phi) is 4.17. The van der Waals surface area contributed by atoms with Crippen LogP contribution in [0.3, 0.4) is 0 Å². The molecular formula is C13H21N5O2S. The number of nitrogens with two attached hydrogens (primary N) is 1. The molecule has 0 radical (unpaired) electrons. The summed E-state index contributed by atoms with van der Waals surface area (Å²) in [7, 11) is 1.41. The molecule has 8 heteroatoms. The van der Waals surface area contributed by atoms with E-state index in [0.29, 0.717) is 6.04 Å². The van der Waals surface area contributed by atoms with Crippen molar-refractivity contribution < 1.29 is 9.53 Å². The molecule has 2 fully saturated rings. The van der Waals surface area contributed by atoms with Crippen LogP contribution in [0.1, 0.15) is 44.6 Å². The first kappa shape index (κ1) is 14.8. The summed E-state index contributed by atoms with van der Waals surface area (Å²) >= 11 is 1.65. The monoisotopic (exact) mass is 311 g/mol. The lowest BCUT2D eigenvalue weighted by molar-refractivity contribution is -0.148. The molecule has 1 aromatic heterocycles. The van der Waals surface area contributed by atoms with Gasteiger partial charge in [-0.15, -0.1) is 5.10 Å². The van der Waals surface area contributed by atoms with Crippen molar-refractivity contribution in [1.29, 1.82) is 0 Å². The molecule has 2 saturated carbocycles. The van der Waals surface area contributed by atoms with Gasteiger partial charge in [-0.2, -0.15) is 0 Å². The summed E-state index contributed by atoms with van der Waals surface area (Å²) in [4.78, 5) is 11.9. The molecule has 0 amide bonds. The largest absolute Gasteiger partial charge is 0.468 e. The van der Waals surface area contributed by atoms with E-state index in [9.17, 15) is 4.79 Å². The minimum atomic E-state index is -0.808. The zero-order valence-electron chi connectivity index (χ0n) is 12.2. The van der Waals surface area contributed by atoms with Crippen LogP contribution in [0.15, 0.2) is 5.16 Å². The zero-order valence-corrected chi connectivity index (χ0v) is 13.0. The van der Waals surface area contributed by atoms with Crippen LogP contribution in [0.25, 0.3) is 0 Å². The molecule has 2 atom stereocenters. The summed E-state index contributed by atoms with van der Waals surface area (Å²) in [5.41, 5.74) is 5.47. The smallest absolute Gasteiger partial charge is 0.326 e. The molecule has 7 nitrogen and oxygen atoms in total. The summed E-state index contributed by atoms with van der Waals surface area (Å²) in [6, 6.07) is 0.484. The predicted octanol–water partition coefficient (Wildman–Crippen LogP) is 1.16. The number of hydrogen-bond donors (Lipinski definition) is 1. The van der Waals surface area contributed by atoms with Crippen LogP contribution in [0.2, 0.25) is 0 Å². The summed E-state index contributed by atoms with van der Waals surface area (Å²) in [6.45, 7) is 0. The number of carbonyl (C=O) groups excluding carboxylic acids is 1. The summed E-state index contributed by atoms with van der Waals surface area (Å²) in [5.74, 6) is 0.772. The Morgan fingerprint density at radius 1 is 1.52 bits per heavy atom. The van der Waals surface area contributed by atoms with Crippen LogP contribution < -0.4 is 5.73 Å². The molecule has 2 aliphatic carbocycles. The summed E-state index contributed by atoms with van der Waals surface area (Å²) in [5, 5.41) is 12.7. The van der Waals surface area contributed by atoms with Crippen molar-refractivity contribution in [2.24, 2.45) is 11.7 Å². The Bertz CT molecular complexity index is 518. The molecular weight excluding hydrogens is 290 g/mol. The Morgan fingerprint density at radius 3 is 3.05 bits per heavy atom. The zero-order chi connectivity index (χ0) is 14.9. The molecule has 116 valence electrons. The van der Waals surface area contributed by atoms with Gasteiger partial charge in [-0.25, -0.2) is 4.68 Å². The van der Waals surface area contributed by atoms with Crippen LogP contribution in [0.4, 0.5) is 0 Å².